The molecule has 0 aromatic rings. The minimum absolute atomic E-state index is 0.163. The van der Waals surface area contributed by atoms with E-state index in [0.29, 0.717) is 26.1 Å². The molecule has 0 spiro atoms. The lowest BCUT2D eigenvalue weighted by atomic mass is 10.3. The van der Waals surface area contributed by atoms with Gasteiger partial charge in [0.25, 0.3) is 0 Å². The van der Waals surface area contributed by atoms with Crippen molar-refractivity contribution in [1.29, 1.82) is 0 Å². The predicted molar refractivity (Wildman–Crippen MR) is 47.3 cm³/mol. The van der Waals surface area contributed by atoms with Crippen LogP contribution in [0.1, 0.15) is 12.8 Å². The van der Waals surface area contributed by atoms with Gasteiger partial charge in [-0.2, -0.15) is 0 Å². The SMILES string of the molecule is NC(=O)NCCNCCCC(=O)O. The Morgan fingerprint density at radius 2 is 1.92 bits per heavy atom. The summed E-state index contributed by atoms with van der Waals surface area (Å²) in [7, 11) is 0. The molecule has 0 aliphatic carbocycles. The molecule has 13 heavy (non-hydrogen) atoms. The third-order valence-corrected chi connectivity index (χ3v) is 1.35. The van der Waals surface area contributed by atoms with Gasteiger partial charge < -0.3 is 21.5 Å². The van der Waals surface area contributed by atoms with Gasteiger partial charge in [0.2, 0.25) is 0 Å². The lowest BCUT2D eigenvalue weighted by Crippen LogP contribution is -2.35. The van der Waals surface area contributed by atoms with Crippen molar-refractivity contribution in [1.82, 2.24) is 10.6 Å². The maximum absolute atomic E-state index is 10.2. The van der Waals surface area contributed by atoms with Gasteiger partial charge in [0.15, 0.2) is 0 Å². The number of carboxylic acids is 1. The van der Waals surface area contributed by atoms with Crippen molar-refractivity contribution in [2.24, 2.45) is 5.73 Å². The molecule has 0 aliphatic rings. The molecule has 0 atom stereocenters. The van der Waals surface area contributed by atoms with Gasteiger partial charge in [0, 0.05) is 19.5 Å². The molecular weight excluding hydrogens is 174 g/mol. The molecule has 6 nitrogen and oxygen atoms in total. The van der Waals surface area contributed by atoms with Crippen molar-refractivity contribution >= 4 is 12.0 Å². The van der Waals surface area contributed by atoms with E-state index in [2.05, 4.69) is 10.6 Å². The molecule has 0 saturated heterocycles. The fraction of sp³-hybridized carbons (Fsp3) is 0.714. The van der Waals surface area contributed by atoms with Crippen LogP contribution in [-0.2, 0) is 4.79 Å². The summed E-state index contributed by atoms with van der Waals surface area (Å²) in [6.07, 6.45) is 0.752. The first kappa shape index (κ1) is 11.7. The zero-order valence-corrected chi connectivity index (χ0v) is 7.38. The first-order chi connectivity index (χ1) is 6.13. The molecular formula is C7H15N3O3. The number of nitrogens with two attached hydrogens (primary N) is 1. The number of carboxylic acid groups (broad SMARTS) is 1. The highest BCUT2D eigenvalue weighted by atomic mass is 16.4. The fourth-order valence-corrected chi connectivity index (χ4v) is 0.764. The third-order valence-electron chi connectivity index (χ3n) is 1.35. The zero-order chi connectivity index (χ0) is 10.1. The van der Waals surface area contributed by atoms with Crippen LogP contribution in [0.25, 0.3) is 0 Å². The van der Waals surface area contributed by atoms with Crippen LogP contribution < -0.4 is 16.4 Å². The van der Waals surface area contributed by atoms with Crippen LogP contribution in [0, 0.1) is 0 Å². The second-order valence-corrected chi connectivity index (χ2v) is 2.54. The van der Waals surface area contributed by atoms with Crippen LogP contribution in [0.4, 0.5) is 4.79 Å². The molecule has 0 bridgehead atoms. The minimum Gasteiger partial charge on any atom is -0.481 e. The minimum atomic E-state index is -0.794. The number of carbonyl (C=O) groups excluding carboxylic acids is 1. The molecule has 0 rings (SSSR count). The standard InChI is InChI=1S/C7H15N3O3/c8-7(13)10-5-4-9-3-1-2-6(11)12/h9H,1-5H2,(H,11,12)(H3,8,10,13). The number of amides is 2. The first-order valence-corrected chi connectivity index (χ1v) is 4.08. The number of hydrogen-bond donors (Lipinski definition) is 4. The Labute approximate surface area is 76.5 Å². The van der Waals surface area contributed by atoms with Gasteiger partial charge in [-0.15, -0.1) is 0 Å². The van der Waals surface area contributed by atoms with Crippen LogP contribution in [0.3, 0.4) is 0 Å². The van der Waals surface area contributed by atoms with E-state index in [1.165, 1.54) is 0 Å². The molecule has 0 aromatic carbocycles. The van der Waals surface area contributed by atoms with E-state index in [1.54, 1.807) is 0 Å². The van der Waals surface area contributed by atoms with Crippen molar-refractivity contribution < 1.29 is 14.7 Å². The second-order valence-electron chi connectivity index (χ2n) is 2.54. The molecule has 2 amide bonds. The number of hydrogen-bond acceptors (Lipinski definition) is 3. The van der Waals surface area contributed by atoms with Gasteiger partial charge in [-0.3, -0.25) is 4.79 Å². The van der Waals surface area contributed by atoms with Crippen LogP contribution in [0.2, 0.25) is 0 Å². The van der Waals surface area contributed by atoms with Crippen LogP contribution in [-0.4, -0.2) is 36.7 Å². The van der Waals surface area contributed by atoms with Gasteiger partial charge in [-0.05, 0) is 13.0 Å². The Bertz CT molecular complexity index is 154. The molecule has 0 unspecified atom stereocenters. The largest absolute Gasteiger partial charge is 0.481 e. The topological polar surface area (TPSA) is 104 Å². The summed E-state index contributed by atoms with van der Waals surface area (Å²) in [6, 6.07) is -0.549. The summed E-state index contributed by atoms with van der Waals surface area (Å²) in [5.41, 5.74) is 4.82. The monoisotopic (exact) mass is 189 g/mol. The Morgan fingerprint density at radius 1 is 1.23 bits per heavy atom. The lowest BCUT2D eigenvalue weighted by Gasteiger charge is -2.03. The molecule has 76 valence electrons. The normalized spacial score (nSPS) is 9.54. The second kappa shape index (κ2) is 7.35. The third kappa shape index (κ3) is 10.7. The van der Waals surface area contributed by atoms with Crippen LogP contribution in [0.5, 0.6) is 0 Å². The molecule has 0 radical (unpaired) electrons. The highest BCUT2D eigenvalue weighted by Crippen LogP contribution is 1.84. The summed E-state index contributed by atoms with van der Waals surface area (Å²) in [4.78, 5) is 20.3. The number of rotatable bonds is 7. The molecule has 0 heterocycles. The number of urea groups is 1. The Hall–Kier alpha value is -1.30. The van der Waals surface area contributed by atoms with Crippen LogP contribution in [0.15, 0.2) is 0 Å². The Morgan fingerprint density at radius 3 is 2.46 bits per heavy atom. The average Bonchev–Trinajstić information content (AvgIpc) is 2.01. The zero-order valence-electron chi connectivity index (χ0n) is 7.38. The van der Waals surface area contributed by atoms with E-state index in [-0.39, 0.29) is 6.42 Å². The number of carbonyl (C=O) groups is 2. The van der Waals surface area contributed by atoms with E-state index in [1.807, 2.05) is 0 Å². The van der Waals surface area contributed by atoms with E-state index < -0.39 is 12.0 Å². The molecule has 0 fully saturated rings. The number of aliphatic carboxylic acids is 1. The quantitative estimate of drug-likeness (QED) is 0.390. The van der Waals surface area contributed by atoms with Gasteiger partial charge in [0.05, 0.1) is 0 Å². The number of nitrogens with one attached hydrogen (secondary N) is 2. The summed E-state index contributed by atoms with van der Waals surface area (Å²) in [6.45, 7) is 1.69. The Kier molecular flexibility index (Phi) is 6.62. The molecule has 0 aliphatic heterocycles. The summed E-state index contributed by atoms with van der Waals surface area (Å²) in [5, 5.41) is 13.7. The van der Waals surface area contributed by atoms with E-state index in [0.717, 1.165) is 0 Å². The van der Waals surface area contributed by atoms with Crippen molar-refractivity contribution in [3.63, 3.8) is 0 Å². The van der Waals surface area contributed by atoms with E-state index in [4.69, 9.17) is 10.8 Å². The molecule has 5 N–H and O–H groups in total. The number of primary amides is 1. The van der Waals surface area contributed by atoms with Crippen molar-refractivity contribution in [3.8, 4) is 0 Å². The van der Waals surface area contributed by atoms with Crippen molar-refractivity contribution in [3.05, 3.63) is 0 Å². The van der Waals surface area contributed by atoms with Gasteiger partial charge in [0.1, 0.15) is 0 Å². The molecule has 6 heteroatoms. The predicted octanol–water partition coefficient (Wildman–Crippen LogP) is -0.891. The van der Waals surface area contributed by atoms with Gasteiger partial charge in [-0.25, -0.2) is 4.79 Å². The maximum atomic E-state index is 10.2. The average molecular weight is 189 g/mol. The smallest absolute Gasteiger partial charge is 0.312 e. The lowest BCUT2D eigenvalue weighted by molar-refractivity contribution is -0.137. The summed E-state index contributed by atoms with van der Waals surface area (Å²) in [5.74, 6) is -0.794. The van der Waals surface area contributed by atoms with E-state index in [9.17, 15) is 9.59 Å². The van der Waals surface area contributed by atoms with Crippen molar-refractivity contribution in [2.75, 3.05) is 19.6 Å². The Balaban J connectivity index is 3.00. The van der Waals surface area contributed by atoms with Crippen LogP contribution >= 0.6 is 0 Å². The van der Waals surface area contributed by atoms with E-state index >= 15 is 0 Å². The molecule has 0 aromatic heterocycles. The summed E-state index contributed by atoms with van der Waals surface area (Å²) < 4.78 is 0. The first-order valence-electron chi connectivity index (χ1n) is 4.08. The summed E-state index contributed by atoms with van der Waals surface area (Å²) >= 11 is 0. The van der Waals surface area contributed by atoms with Crippen molar-refractivity contribution in [2.45, 2.75) is 12.8 Å². The maximum Gasteiger partial charge on any atom is 0.312 e. The highest BCUT2D eigenvalue weighted by molar-refractivity contribution is 5.71. The van der Waals surface area contributed by atoms with Gasteiger partial charge in [-0.1, -0.05) is 0 Å². The molecule has 0 saturated carbocycles. The fourth-order valence-electron chi connectivity index (χ4n) is 0.764. The highest BCUT2D eigenvalue weighted by Gasteiger charge is 1.95. The van der Waals surface area contributed by atoms with Gasteiger partial charge >= 0.3 is 12.0 Å².